The lowest BCUT2D eigenvalue weighted by Crippen LogP contribution is -2.00. The Labute approximate surface area is 333 Å². The lowest BCUT2D eigenvalue weighted by Gasteiger charge is -2.12. The van der Waals surface area contributed by atoms with Crippen molar-refractivity contribution in [2.75, 3.05) is 0 Å². The summed E-state index contributed by atoms with van der Waals surface area (Å²) >= 11 is 1.84. The number of hydrogen-bond donors (Lipinski definition) is 0. The molecule has 0 radical (unpaired) electrons. The SMILES string of the molecule is c1ccc(-c2cccc(-c3nc(-c4ccccc4)nc(-c4cccc(-c5ccc6sc7ccc8c(-c9ccccc9)nc9ccccc9c8c7c6c5)c4)n3)c2)cc1. The van der Waals surface area contributed by atoms with Gasteiger partial charge >= 0.3 is 0 Å². The van der Waals surface area contributed by atoms with E-state index < -0.39 is 0 Å². The molecule has 11 aromatic rings. The van der Waals surface area contributed by atoms with Gasteiger partial charge in [0, 0.05) is 58.6 Å². The van der Waals surface area contributed by atoms with Crippen LogP contribution in [0.4, 0.5) is 0 Å². The van der Waals surface area contributed by atoms with Crippen LogP contribution in [0, 0.1) is 0 Å². The molecule has 0 saturated carbocycles. The van der Waals surface area contributed by atoms with Gasteiger partial charge in [-0.15, -0.1) is 11.3 Å². The molecule has 0 saturated heterocycles. The highest BCUT2D eigenvalue weighted by atomic mass is 32.1. The van der Waals surface area contributed by atoms with Gasteiger partial charge < -0.3 is 0 Å². The molecule has 0 N–H and O–H groups in total. The van der Waals surface area contributed by atoms with Crippen molar-refractivity contribution in [3.8, 4) is 67.7 Å². The second-order valence-corrected chi connectivity index (χ2v) is 15.3. The summed E-state index contributed by atoms with van der Waals surface area (Å²) in [5.41, 5.74) is 10.4. The van der Waals surface area contributed by atoms with Crippen LogP contribution in [0.1, 0.15) is 0 Å². The standard InChI is InChI=1S/C52H32N4S/c1-4-14-33(15-5-1)36-20-12-22-39(30-36)51-54-50(35-18-8-3-9-19-35)55-52(56-51)40-23-13-21-37(31-40)38-26-28-45-43(32-38)48-46(57-45)29-27-42-47(48)41-24-10-11-25-44(41)53-49(42)34-16-6-2-7-17-34/h1-32H. The quantitative estimate of drug-likeness (QED) is 0.159. The average Bonchev–Trinajstić information content (AvgIpc) is 3.68. The molecule has 0 fully saturated rings. The van der Waals surface area contributed by atoms with Crippen LogP contribution in [0.15, 0.2) is 194 Å². The first-order valence-electron chi connectivity index (χ1n) is 19.0. The number of hydrogen-bond acceptors (Lipinski definition) is 5. The topological polar surface area (TPSA) is 51.6 Å². The highest BCUT2D eigenvalue weighted by Crippen LogP contribution is 2.44. The maximum absolute atomic E-state index is 5.20. The molecule has 0 aliphatic carbocycles. The lowest BCUT2D eigenvalue weighted by atomic mass is 9.95. The van der Waals surface area contributed by atoms with E-state index >= 15 is 0 Å². The van der Waals surface area contributed by atoms with E-state index in [1.165, 1.54) is 30.9 Å². The predicted octanol–water partition coefficient (Wildman–Crippen LogP) is 13.9. The Bertz CT molecular complexity index is 3290. The van der Waals surface area contributed by atoms with Gasteiger partial charge in [-0.2, -0.15) is 0 Å². The summed E-state index contributed by atoms with van der Waals surface area (Å²) in [6.07, 6.45) is 0. The summed E-state index contributed by atoms with van der Waals surface area (Å²) in [6, 6.07) is 68.0. The van der Waals surface area contributed by atoms with Gasteiger partial charge in [0.15, 0.2) is 17.5 Å². The van der Waals surface area contributed by atoms with Crippen molar-refractivity contribution < 1.29 is 0 Å². The molecular weight excluding hydrogens is 713 g/mol. The first-order valence-corrected chi connectivity index (χ1v) is 19.9. The molecule has 0 aliphatic heterocycles. The minimum atomic E-state index is 0.631. The van der Waals surface area contributed by atoms with E-state index in [4.69, 9.17) is 19.9 Å². The van der Waals surface area contributed by atoms with Crippen LogP contribution in [-0.2, 0) is 0 Å². The van der Waals surface area contributed by atoms with E-state index in [0.717, 1.165) is 61.1 Å². The second-order valence-electron chi connectivity index (χ2n) is 14.2. The van der Waals surface area contributed by atoms with E-state index in [1.807, 2.05) is 47.7 Å². The fourth-order valence-corrected chi connectivity index (χ4v) is 9.06. The summed E-state index contributed by atoms with van der Waals surface area (Å²) in [4.78, 5) is 20.4. The van der Waals surface area contributed by atoms with Crippen LogP contribution in [0.2, 0.25) is 0 Å². The summed E-state index contributed by atoms with van der Waals surface area (Å²) < 4.78 is 2.52. The van der Waals surface area contributed by atoms with Gasteiger partial charge in [0.2, 0.25) is 0 Å². The minimum Gasteiger partial charge on any atom is -0.247 e. The van der Waals surface area contributed by atoms with Crippen LogP contribution >= 0.6 is 11.3 Å². The molecule has 0 bridgehead atoms. The largest absolute Gasteiger partial charge is 0.247 e. The Morgan fingerprint density at radius 1 is 0.281 bits per heavy atom. The number of benzene rings is 8. The molecule has 8 aromatic carbocycles. The molecule has 3 aromatic heterocycles. The van der Waals surface area contributed by atoms with Gasteiger partial charge in [-0.3, -0.25) is 0 Å². The Hall–Kier alpha value is -7.34. The molecule has 3 heterocycles. The van der Waals surface area contributed by atoms with Crippen LogP contribution in [0.25, 0.3) is 110 Å². The zero-order valence-electron chi connectivity index (χ0n) is 30.7. The van der Waals surface area contributed by atoms with Gasteiger partial charge in [-0.05, 0) is 58.7 Å². The van der Waals surface area contributed by atoms with Crippen molar-refractivity contribution in [3.05, 3.63) is 194 Å². The number of para-hydroxylation sites is 1. The highest BCUT2D eigenvalue weighted by Gasteiger charge is 2.18. The van der Waals surface area contributed by atoms with E-state index in [-0.39, 0.29) is 0 Å². The predicted molar refractivity (Wildman–Crippen MR) is 238 cm³/mol. The van der Waals surface area contributed by atoms with Crippen molar-refractivity contribution in [1.29, 1.82) is 0 Å². The molecule has 0 spiro atoms. The third kappa shape index (κ3) is 5.93. The summed E-state index contributed by atoms with van der Waals surface area (Å²) in [7, 11) is 0. The third-order valence-electron chi connectivity index (χ3n) is 10.7. The maximum atomic E-state index is 5.20. The molecule has 4 nitrogen and oxygen atoms in total. The summed E-state index contributed by atoms with van der Waals surface area (Å²) in [5.74, 6) is 1.91. The smallest absolute Gasteiger partial charge is 0.164 e. The van der Waals surface area contributed by atoms with Gasteiger partial charge in [0.25, 0.3) is 0 Å². The van der Waals surface area contributed by atoms with E-state index in [9.17, 15) is 0 Å². The van der Waals surface area contributed by atoms with Crippen LogP contribution < -0.4 is 0 Å². The van der Waals surface area contributed by atoms with Crippen LogP contribution in [0.5, 0.6) is 0 Å². The molecular formula is C52H32N4S. The highest BCUT2D eigenvalue weighted by molar-refractivity contribution is 7.26. The van der Waals surface area contributed by atoms with E-state index in [0.29, 0.717) is 17.5 Å². The lowest BCUT2D eigenvalue weighted by molar-refractivity contribution is 1.07. The number of fused-ring (bicyclic) bond motifs is 7. The van der Waals surface area contributed by atoms with Gasteiger partial charge in [0.05, 0.1) is 11.2 Å². The number of nitrogens with zero attached hydrogens (tertiary/aromatic N) is 4. The molecule has 0 atom stereocenters. The first-order chi connectivity index (χ1) is 28.2. The Kier molecular flexibility index (Phi) is 7.97. The van der Waals surface area contributed by atoms with Gasteiger partial charge in [-0.25, -0.2) is 19.9 Å². The zero-order valence-corrected chi connectivity index (χ0v) is 31.5. The van der Waals surface area contributed by atoms with E-state index in [2.05, 4.69) is 158 Å². The van der Waals surface area contributed by atoms with Crippen molar-refractivity contribution in [2.24, 2.45) is 0 Å². The fraction of sp³-hybridized carbons (Fsp3) is 0. The van der Waals surface area contributed by atoms with Crippen molar-refractivity contribution in [3.63, 3.8) is 0 Å². The van der Waals surface area contributed by atoms with Gasteiger partial charge in [-0.1, -0.05) is 158 Å². The summed E-state index contributed by atoms with van der Waals surface area (Å²) in [6.45, 7) is 0. The van der Waals surface area contributed by atoms with Crippen molar-refractivity contribution in [1.82, 2.24) is 19.9 Å². The number of thiophene rings is 1. The Balaban J connectivity index is 1.07. The molecule has 5 heteroatoms. The maximum Gasteiger partial charge on any atom is 0.164 e. The number of pyridine rings is 1. The zero-order chi connectivity index (χ0) is 37.7. The number of aromatic nitrogens is 4. The fourth-order valence-electron chi connectivity index (χ4n) is 7.96. The van der Waals surface area contributed by atoms with Crippen LogP contribution in [0.3, 0.4) is 0 Å². The molecule has 0 unspecified atom stereocenters. The molecule has 0 aliphatic rings. The van der Waals surface area contributed by atoms with Crippen molar-refractivity contribution >= 4 is 53.2 Å². The second kappa shape index (κ2) is 13.7. The molecule has 0 amide bonds. The Morgan fingerprint density at radius 3 is 1.47 bits per heavy atom. The monoisotopic (exact) mass is 744 g/mol. The van der Waals surface area contributed by atoms with Crippen LogP contribution in [-0.4, -0.2) is 19.9 Å². The van der Waals surface area contributed by atoms with Gasteiger partial charge in [0.1, 0.15) is 0 Å². The third-order valence-corrected chi connectivity index (χ3v) is 11.8. The van der Waals surface area contributed by atoms with Crippen molar-refractivity contribution in [2.45, 2.75) is 0 Å². The Morgan fingerprint density at radius 2 is 0.789 bits per heavy atom. The molecule has 266 valence electrons. The normalized spacial score (nSPS) is 11.5. The molecule has 57 heavy (non-hydrogen) atoms. The van der Waals surface area contributed by atoms with E-state index in [1.54, 1.807) is 0 Å². The minimum absolute atomic E-state index is 0.631. The first kappa shape index (κ1) is 33.0. The number of rotatable bonds is 6. The molecule has 11 rings (SSSR count). The summed E-state index contributed by atoms with van der Waals surface area (Å²) in [5, 5.41) is 6.09. The average molecular weight is 745 g/mol.